The van der Waals surface area contributed by atoms with E-state index in [0.717, 1.165) is 39.9 Å². The predicted octanol–water partition coefficient (Wildman–Crippen LogP) is 3.34. The molecule has 1 amide bonds. The Morgan fingerprint density at radius 1 is 1.16 bits per heavy atom. The summed E-state index contributed by atoms with van der Waals surface area (Å²) in [6.45, 7) is 2.93. The summed E-state index contributed by atoms with van der Waals surface area (Å²) in [5.74, 6) is 0.985. The van der Waals surface area contributed by atoms with E-state index in [1.165, 1.54) is 16.0 Å². The van der Waals surface area contributed by atoms with Crippen LogP contribution in [-0.4, -0.2) is 52.1 Å². The molecule has 8 heteroatoms. The average molecular weight is 468 g/mol. The van der Waals surface area contributed by atoms with Crippen molar-refractivity contribution in [3.05, 3.63) is 88.5 Å². The summed E-state index contributed by atoms with van der Waals surface area (Å²) in [6.07, 6.45) is 5.29. The quantitative estimate of drug-likeness (QED) is 0.473. The fourth-order valence-electron chi connectivity index (χ4n) is 4.43. The molecule has 0 bridgehead atoms. The van der Waals surface area contributed by atoms with E-state index in [1.54, 1.807) is 36.3 Å². The first kappa shape index (κ1) is 21.2. The zero-order chi connectivity index (χ0) is 22.1. The maximum Gasteiger partial charge on any atom is 0.227 e. The Labute approximate surface area is 196 Å². The van der Waals surface area contributed by atoms with Crippen molar-refractivity contribution in [3.8, 4) is 0 Å². The number of fused-ring (bicyclic) bond motifs is 2. The van der Waals surface area contributed by atoms with Gasteiger partial charge >= 0.3 is 0 Å². The normalized spacial score (nSPS) is 18.5. The lowest BCUT2D eigenvalue weighted by atomic mass is 9.97. The van der Waals surface area contributed by atoms with Crippen LogP contribution in [0.4, 0.5) is 0 Å². The van der Waals surface area contributed by atoms with Crippen LogP contribution in [0.5, 0.6) is 0 Å². The molecule has 4 heterocycles. The summed E-state index contributed by atoms with van der Waals surface area (Å²) in [4.78, 5) is 23.2. The van der Waals surface area contributed by atoms with Crippen LogP contribution in [0.2, 0.25) is 5.02 Å². The Morgan fingerprint density at radius 2 is 1.94 bits per heavy atom. The van der Waals surface area contributed by atoms with Crippen LogP contribution in [0.25, 0.3) is 0 Å². The monoisotopic (exact) mass is 467 g/mol. The zero-order valence-corrected chi connectivity index (χ0v) is 19.1. The molecule has 1 saturated heterocycles. The van der Waals surface area contributed by atoms with E-state index in [1.807, 2.05) is 23.2 Å². The van der Waals surface area contributed by atoms with Crippen LogP contribution in [0.1, 0.15) is 28.4 Å². The topological polar surface area (TPSA) is 60.6 Å². The average Bonchev–Trinajstić information content (AvgIpc) is 2.97. The fourth-order valence-corrected chi connectivity index (χ4v) is 5.78. The van der Waals surface area contributed by atoms with E-state index in [0.29, 0.717) is 19.5 Å². The van der Waals surface area contributed by atoms with Gasteiger partial charge in [0.25, 0.3) is 0 Å². The first-order valence-corrected chi connectivity index (χ1v) is 12.0. The number of rotatable bonds is 3. The number of halogens is 1. The van der Waals surface area contributed by atoms with Gasteiger partial charge in [0, 0.05) is 64.9 Å². The number of nitrogens with zero attached hydrogens (tertiary/aromatic N) is 4. The highest BCUT2D eigenvalue weighted by molar-refractivity contribution is 7.98. The number of piperazine rings is 1. The Morgan fingerprint density at radius 3 is 2.72 bits per heavy atom. The summed E-state index contributed by atoms with van der Waals surface area (Å²) in [7, 11) is 0. The number of hydrogen-bond acceptors (Lipinski definition) is 5. The number of hydrogen-bond donors (Lipinski definition) is 1. The van der Waals surface area contributed by atoms with Gasteiger partial charge in [-0.05, 0) is 34.9 Å². The highest BCUT2D eigenvalue weighted by atomic mass is 35.5. The third-order valence-corrected chi connectivity index (χ3v) is 7.46. The minimum atomic E-state index is 0.0554. The second-order valence-electron chi connectivity index (χ2n) is 8.10. The number of benzene rings is 1. The Hall–Kier alpha value is -2.61. The molecule has 1 N–H and O–H groups in total. The van der Waals surface area contributed by atoms with Crippen molar-refractivity contribution in [1.29, 1.82) is 0 Å². The maximum atomic E-state index is 12.8. The van der Waals surface area contributed by atoms with Crippen molar-refractivity contribution in [1.82, 2.24) is 14.8 Å². The minimum Gasteiger partial charge on any atom is -0.340 e. The molecule has 3 aromatic rings. The molecule has 5 rings (SSSR count). The van der Waals surface area contributed by atoms with Crippen molar-refractivity contribution >= 4 is 29.3 Å². The predicted molar refractivity (Wildman–Crippen MR) is 123 cm³/mol. The maximum absolute atomic E-state index is 12.8. The highest BCUT2D eigenvalue weighted by Crippen LogP contribution is 2.42. The van der Waals surface area contributed by atoms with Crippen LogP contribution < -0.4 is 4.73 Å². The molecule has 0 aliphatic carbocycles. The molecule has 0 spiro atoms. The Balaban J connectivity index is 1.35. The molecule has 6 nitrogen and oxygen atoms in total. The smallest absolute Gasteiger partial charge is 0.227 e. The van der Waals surface area contributed by atoms with E-state index in [-0.39, 0.29) is 11.9 Å². The van der Waals surface area contributed by atoms with Crippen molar-refractivity contribution < 1.29 is 14.7 Å². The standard InChI is InChI=1S/C24H24ClN4O2S/c25-19-3-4-20-21(15-19)32-16-18-2-1-7-26-23(18)24(20)28-12-10-27(11-13-28)22(30)14-17-5-8-29(31)9-6-17/h1-9,15,24,31H,10-14,16H2/q+1. The summed E-state index contributed by atoms with van der Waals surface area (Å²) in [5, 5.41) is 10.1. The molecule has 0 saturated carbocycles. The number of pyridine rings is 2. The van der Waals surface area contributed by atoms with E-state index in [9.17, 15) is 10.0 Å². The van der Waals surface area contributed by atoms with Crippen LogP contribution in [0, 0.1) is 0 Å². The van der Waals surface area contributed by atoms with Gasteiger partial charge in [-0.25, -0.2) is 0 Å². The summed E-state index contributed by atoms with van der Waals surface area (Å²) >= 11 is 8.11. The van der Waals surface area contributed by atoms with Gasteiger partial charge in [0.2, 0.25) is 18.3 Å². The largest absolute Gasteiger partial charge is 0.340 e. The molecule has 164 valence electrons. The van der Waals surface area contributed by atoms with Crippen LogP contribution in [0.15, 0.2) is 66.0 Å². The molecule has 1 unspecified atom stereocenters. The number of carbonyl (C=O) groups excluding carboxylic acids is 1. The van der Waals surface area contributed by atoms with Gasteiger partial charge in [-0.2, -0.15) is 0 Å². The Bertz CT molecular complexity index is 1130. The van der Waals surface area contributed by atoms with Gasteiger partial charge < -0.3 is 4.90 Å². The Kier molecular flexibility index (Phi) is 6.04. The van der Waals surface area contributed by atoms with E-state index in [4.69, 9.17) is 16.6 Å². The van der Waals surface area contributed by atoms with Crippen molar-refractivity contribution in [2.24, 2.45) is 0 Å². The molecule has 2 aliphatic rings. The first-order chi connectivity index (χ1) is 15.6. The fraction of sp³-hybridized carbons (Fsp3) is 0.292. The zero-order valence-electron chi connectivity index (χ0n) is 17.5. The summed E-state index contributed by atoms with van der Waals surface area (Å²) in [6, 6.07) is 13.9. The molecule has 2 aliphatic heterocycles. The lowest BCUT2D eigenvalue weighted by Crippen LogP contribution is -2.50. The summed E-state index contributed by atoms with van der Waals surface area (Å²) < 4.78 is 0.981. The molecular weight excluding hydrogens is 444 g/mol. The lowest BCUT2D eigenvalue weighted by molar-refractivity contribution is -0.904. The second kappa shape index (κ2) is 9.10. The molecule has 2 aromatic heterocycles. The van der Waals surface area contributed by atoms with E-state index in [2.05, 4.69) is 23.1 Å². The number of aromatic nitrogens is 2. The van der Waals surface area contributed by atoms with Gasteiger partial charge in [-0.15, -0.1) is 11.8 Å². The first-order valence-electron chi connectivity index (χ1n) is 10.7. The minimum absolute atomic E-state index is 0.0554. The highest BCUT2D eigenvalue weighted by Gasteiger charge is 2.33. The van der Waals surface area contributed by atoms with Crippen molar-refractivity contribution in [2.45, 2.75) is 23.1 Å². The molecule has 1 aromatic carbocycles. The van der Waals surface area contributed by atoms with Gasteiger partial charge in [0.1, 0.15) is 0 Å². The van der Waals surface area contributed by atoms with E-state index >= 15 is 0 Å². The summed E-state index contributed by atoms with van der Waals surface area (Å²) in [5.41, 5.74) is 4.48. The number of carbonyl (C=O) groups is 1. The SMILES string of the molecule is O=C(Cc1cc[n+](O)cc1)N1CCN(C2c3ccc(Cl)cc3SCc3cccnc32)CC1. The molecule has 1 atom stereocenters. The van der Waals surface area contributed by atoms with Crippen LogP contribution >= 0.6 is 23.4 Å². The number of amides is 1. The molecular formula is C24H24ClN4O2S+. The van der Waals surface area contributed by atoms with E-state index < -0.39 is 0 Å². The van der Waals surface area contributed by atoms with Crippen molar-refractivity contribution in [2.75, 3.05) is 26.2 Å². The molecule has 1 fully saturated rings. The van der Waals surface area contributed by atoms with Gasteiger partial charge in [-0.3, -0.25) is 19.9 Å². The second-order valence-corrected chi connectivity index (χ2v) is 9.55. The lowest BCUT2D eigenvalue weighted by Gasteiger charge is -2.39. The van der Waals surface area contributed by atoms with Crippen molar-refractivity contribution in [3.63, 3.8) is 0 Å². The van der Waals surface area contributed by atoms with Crippen LogP contribution in [-0.2, 0) is 17.0 Å². The molecule has 32 heavy (non-hydrogen) atoms. The van der Waals surface area contributed by atoms with Crippen LogP contribution in [0.3, 0.4) is 0 Å². The third-order valence-electron chi connectivity index (χ3n) is 6.11. The third kappa shape index (κ3) is 4.33. The van der Waals surface area contributed by atoms with Gasteiger partial charge in [0.05, 0.1) is 18.2 Å². The molecule has 0 radical (unpaired) electrons. The number of thioether (sulfide) groups is 1. The van der Waals surface area contributed by atoms with Gasteiger partial charge in [0.15, 0.2) is 0 Å². The van der Waals surface area contributed by atoms with Gasteiger partial charge in [-0.1, -0.05) is 23.7 Å².